The minimum atomic E-state index is -0.407. The number of nitrogens with one attached hydrogen (secondary N) is 1. The third-order valence-corrected chi connectivity index (χ3v) is 6.81. The Morgan fingerprint density at radius 3 is 1.56 bits per heavy atom. The van der Waals surface area contributed by atoms with Gasteiger partial charge in [-0.15, -0.1) is 0 Å². The lowest BCUT2D eigenvalue weighted by molar-refractivity contribution is 0.510. The summed E-state index contributed by atoms with van der Waals surface area (Å²) in [7, 11) is -0.407. The van der Waals surface area contributed by atoms with Crippen LogP contribution in [0.15, 0.2) is 91.0 Å². The van der Waals surface area contributed by atoms with Gasteiger partial charge in [-0.25, -0.2) is 0 Å². The Morgan fingerprint density at radius 1 is 0.680 bits per heavy atom. The molecular formula is C23H26NP. The van der Waals surface area contributed by atoms with Crippen molar-refractivity contribution in [3.05, 3.63) is 96.6 Å². The second kappa shape index (κ2) is 8.94. The smallest absolute Gasteiger partial charge is 0.0367 e. The fourth-order valence-electron chi connectivity index (χ4n) is 3.10. The Bertz CT molecular complexity index is 701. The van der Waals surface area contributed by atoms with E-state index in [4.69, 9.17) is 0 Å². The number of rotatable bonds is 7. The summed E-state index contributed by atoms with van der Waals surface area (Å²) in [6.07, 6.45) is 1.10. The quantitative estimate of drug-likeness (QED) is 0.602. The Hall–Kier alpha value is -1.95. The van der Waals surface area contributed by atoms with Gasteiger partial charge in [-0.05, 0) is 30.3 Å². The second-order valence-electron chi connectivity index (χ2n) is 6.57. The van der Waals surface area contributed by atoms with Crippen molar-refractivity contribution in [1.29, 1.82) is 0 Å². The van der Waals surface area contributed by atoms with Crippen molar-refractivity contribution in [3.63, 3.8) is 0 Å². The predicted octanol–water partition coefficient (Wildman–Crippen LogP) is 4.86. The van der Waals surface area contributed by atoms with E-state index in [0.717, 1.165) is 6.16 Å². The van der Waals surface area contributed by atoms with E-state index in [1.807, 2.05) is 0 Å². The molecule has 0 bridgehead atoms. The normalized spacial score (nSPS) is 12.5. The highest BCUT2D eigenvalue weighted by molar-refractivity contribution is 7.73. The van der Waals surface area contributed by atoms with E-state index in [-0.39, 0.29) is 0 Å². The van der Waals surface area contributed by atoms with Crippen LogP contribution in [-0.4, -0.2) is 12.2 Å². The first-order valence-electron chi connectivity index (χ1n) is 8.92. The zero-order chi connectivity index (χ0) is 17.5. The van der Waals surface area contributed by atoms with E-state index in [1.54, 1.807) is 0 Å². The lowest BCUT2D eigenvalue weighted by Crippen LogP contribution is -2.32. The Balaban J connectivity index is 1.94. The van der Waals surface area contributed by atoms with Gasteiger partial charge in [-0.1, -0.05) is 105 Å². The first-order valence-corrected chi connectivity index (χ1v) is 10.5. The third kappa shape index (κ3) is 5.01. The van der Waals surface area contributed by atoms with Crippen molar-refractivity contribution in [2.24, 2.45) is 0 Å². The van der Waals surface area contributed by atoms with Crippen LogP contribution in [0.25, 0.3) is 0 Å². The van der Waals surface area contributed by atoms with Gasteiger partial charge in [0.25, 0.3) is 0 Å². The SMILES string of the molecule is CC(C)N[C@H](CP(c1ccccc1)c1ccccc1)c1ccccc1. The molecule has 3 aromatic rings. The summed E-state index contributed by atoms with van der Waals surface area (Å²) >= 11 is 0. The highest BCUT2D eigenvalue weighted by Crippen LogP contribution is 2.38. The average Bonchev–Trinajstić information content (AvgIpc) is 2.67. The van der Waals surface area contributed by atoms with Crippen molar-refractivity contribution >= 4 is 18.5 Å². The molecule has 3 aromatic carbocycles. The van der Waals surface area contributed by atoms with Crippen LogP contribution in [0.4, 0.5) is 0 Å². The van der Waals surface area contributed by atoms with Gasteiger partial charge in [0.2, 0.25) is 0 Å². The highest BCUT2D eigenvalue weighted by atomic mass is 31.1. The molecule has 25 heavy (non-hydrogen) atoms. The average molecular weight is 347 g/mol. The van der Waals surface area contributed by atoms with Gasteiger partial charge in [0, 0.05) is 12.1 Å². The Kier molecular flexibility index (Phi) is 6.39. The predicted molar refractivity (Wildman–Crippen MR) is 111 cm³/mol. The van der Waals surface area contributed by atoms with Crippen molar-refractivity contribution in [3.8, 4) is 0 Å². The van der Waals surface area contributed by atoms with E-state index >= 15 is 0 Å². The molecule has 1 atom stereocenters. The summed E-state index contributed by atoms with van der Waals surface area (Å²) in [6, 6.07) is 33.6. The molecule has 0 aliphatic carbocycles. The number of hydrogen-bond donors (Lipinski definition) is 1. The summed E-state index contributed by atoms with van der Waals surface area (Å²) in [5, 5.41) is 6.66. The Morgan fingerprint density at radius 2 is 1.12 bits per heavy atom. The molecule has 2 heteroatoms. The van der Waals surface area contributed by atoms with E-state index in [9.17, 15) is 0 Å². The Labute approximate surface area is 152 Å². The van der Waals surface area contributed by atoms with Crippen LogP contribution in [0.3, 0.4) is 0 Å². The molecule has 0 fully saturated rings. The van der Waals surface area contributed by atoms with Gasteiger partial charge < -0.3 is 5.32 Å². The molecule has 1 nitrogen and oxygen atoms in total. The van der Waals surface area contributed by atoms with Crippen molar-refractivity contribution in [1.82, 2.24) is 5.32 Å². The minimum absolute atomic E-state index is 0.354. The van der Waals surface area contributed by atoms with Crippen LogP contribution < -0.4 is 15.9 Å². The molecule has 0 radical (unpaired) electrons. The monoisotopic (exact) mass is 347 g/mol. The third-order valence-electron chi connectivity index (χ3n) is 4.24. The van der Waals surface area contributed by atoms with Crippen LogP contribution >= 0.6 is 7.92 Å². The van der Waals surface area contributed by atoms with Gasteiger partial charge in [0.15, 0.2) is 0 Å². The van der Waals surface area contributed by atoms with E-state index in [2.05, 4.69) is 110 Å². The van der Waals surface area contributed by atoms with Gasteiger partial charge in [-0.3, -0.25) is 0 Å². The van der Waals surface area contributed by atoms with Crippen molar-refractivity contribution < 1.29 is 0 Å². The fraction of sp³-hybridized carbons (Fsp3) is 0.217. The molecular weight excluding hydrogens is 321 g/mol. The molecule has 0 saturated heterocycles. The van der Waals surface area contributed by atoms with Crippen LogP contribution in [0.5, 0.6) is 0 Å². The van der Waals surface area contributed by atoms with E-state index in [1.165, 1.54) is 16.2 Å². The van der Waals surface area contributed by atoms with Crippen LogP contribution in [-0.2, 0) is 0 Å². The molecule has 128 valence electrons. The first kappa shape index (κ1) is 17.9. The maximum absolute atomic E-state index is 3.78. The topological polar surface area (TPSA) is 12.0 Å². The zero-order valence-corrected chi connectivity index (χ0v) is 15.9. The largest absolute Gasteiger partial charge is 0.307 e. The maximum Gasteiger partial charge on any atom is 0.0367 e. The summed E-state index contributed by atoms with van der Waals surface area (Å²) < 4.78 is 0. The number of hydrogen-bond acceptors (Lipinski definition) is 1. The highest BCUT2D eigenvalue weighted by Gasteiger charge is 2.21. The molecule has 0 saturated carbocycles. The molecule has 0 aromatic heterocycles. The van der Waals surface area contributed by atoms with Crippen LogP contribution in [0.1, 0.15) is 25.5 Å². The van der Waals surface area contributed by atoms with Gasteiger partial charge >= 0.3 is 0 Å². The van der Waals surface area contributed by atoms with Crippen LogP contribution in [0.2, 0.25) is 0 Å². The van der Waals surface area contributed by atoms with Crippen LogP contribution in [0, 0.1) is 0 Å². The van der Waals surface area contributed by atoms with Crippen molar-refractivity contribution in [2.45, 2.75) is 25.9 Å². The standard InChI is InChI=1S/C23H26NP/c1-19(2)24-23(20-12-6-3-7-13-20)18-25(21-14-8-4-9-15-21)22-16-10-5-11-17-22/h3-17,19,23-24H,18H2,1-2H3/t23-/m1/s1. The van der Waals surface area contributed by atoms with Gasteiger partial charge in [0.05, 0.1) is 0 Å². The molecule has 0 heterocycles. The molecule has 3 rings (SSSR count). The minimum Gasteiger partial charge on any atom is -0.307 e. The molecule has 0 amide bonds. The molecule has 1 N–H and O–H groups in total. The molecule has 0 aliphatic heterocycles. The van der Waals surface area contributed by atoms with E-state index in [0.29, 0.717) is 12.1 Å². The van der Waals surface area contributed by atoms with E-state index < -0.39 is 7.92 Å². The molecule has 0 spiro atoms. The second-order valence-corrected chi connectivity index (χ2v) is 8.82. The van der Waals surface area contributed by atoms with Gasteiger partial charge in [0.1, 0.15) is 0 Å². The summed E-state index contributed by atoms with van der Waals surface area (Å²) in [4.78, 5) is 0. The summed E-state index contributed by atoms with van der Waals surface area (Å²) in [5.41, 5.74) is 1.37. The maximum atomic E-state index is 3.78. The summed E-state index contributed by atoms with van der Waals surface area (Å²) in [6.45, 7) is 4.45. The lowest BCUT2D eigenvalue weighted by atomic mass is 10.1. The zero-order valence-electron chi connectivity index (χ0n) is 15.0. The molecule has 0 unspecified atom stereocenters. The van der Waals surface area contributed by atoms with Crippen molar-refractivity contribution in [2.75, 3.05) is 6.16 Å². The fourth-order valence-corrected chi connectivity index (χ4v) is 5.57. The van der Waals surface area contributed by atoms with Gasteiger partial charge in [-0.2, -0.15) is 0 Å². The first-order chi connectivity index (χ1) is 12.2. The number of benzene rings is 3. The summed E-state index contributed by atoms with van der Waals surface area (Å²) in [5.74, 6) is 0. The molecule has 0 aliphatic rings. The lowest BCUT2D eigenvalue weighted by Gasteiger charge is -2.28.